The van der Waals surface area contributed by atoms with Crippen LogP contribution in [0.25, 0.3) is 0 Å². The summed E-state index contributed by atoms with van der Waals surface area (Å²) in [6, 6.07) is 2.55. The third-order valence-electron chi connectivity index (χ3n) is 5.26. The van der Waals surface area contributed by atoms with Crippen molar-refractivity contribution in [1.82, 2.24) is 30.1 Å². The summed E-state index contributed by atoms with van der Waals surface area (Å²) >= 11 is 0. The second-order valence-electron chi connectivity index (χ2n) is 6.97. The van der Waals surface area contributed by atoms with E-state index in [1.54, 1.807) is 12.4 Å². The molecule has 1 aliphatic carbocycles. The van der Waals surface area contributed by atoms with Crippen molar-refractivity contribution < 1.29 is 4.79 Å². The summed E-state index contributed by atoms with van der Waals surface area (Å²) in [4.78, 5) is 12.6. The molecule has 0 atom stereocenters. The Morgan fingerprint density at radius 1 is 1.12 bits per heavy atom. The van der Waals surface area contributed by atoms with Crippen LogP contribution in [0.15, 0.2) is 18.5 Å². The van der Waals surface area contributed by atoms with Crippen molar-refractivity contribution in [2.75, 3.05) is 18.4 Å². The van der Waals surface area contributed by atoms with E-state index in [9.17, 15) is 4.79 Å². The molecule has 1 saturated heterocycles. The van der Waals surface area contributed by atoms with Crippen LogP contribution in [-0.2, 0) is 0 Å². The maximum atomic E-state index is 12.6. The van der Waals surface area contributed by atoms with Crippen molar-refractivity contribution in [3.8, 4) is 0 Å². The van der Waals surface area contributed by atoms with Crippen molar-refractivity contribution in [3.05, 3.63) is 24.2 Å². The lowest BCUT2D eigenvalue weighted by atomic mass is 9.96. The molecule has 0 aromatic carbocycles. The molecule has 134 valence electrons. The van der Waals surface area contributed by atoms with Gasteiger partial charge in [0.15, 0.2) is 5.69 Å². The van der Waals surface area contributed by atoms with Crippen LogP contribution in [0.3, 0.4) is 0 Å². The Kier molecular flexibility index (Phi) is 4.78. The first kappa shape index (κ1) is 16.3. The molecular formula is C17H25N7O. The van der Waals surface area contributed by atoms with Crippen molar-refractivity contribution in [2.24, 2.45) is 0 Å². The largest absolute Gasteiger partial charge is 0.317 e. The number of carbonyl (C=O) groups excluding carboxylic acids is 1. The number of carbonyl (C=O) groups is 1. The number of anilines is 1. The van der Waals surface area contributed by atoms with E-state index in [2.05, 4.69) is 26.0 Å². The number of hydrogen-bond donors (Lipinski definition) is 2. The van der Waals surface area contributed by atoms with Gasteiger partial charge < -0.3 is 10.6 Å². The fourth-order valence-corrected chi connectivity index (χ4v) is 3.84. The molecule has 4 rings (SSSR count). The fraction of sp³-hybridized carbons (Fsp3) is 0.647. The summed E-state index contributed by atoms with van der Waals surface area (Å²) < 4.78 is 3.78. The number of amides is 1. The second kappa shape index (κ2) is 7.35. The molecule has 0 radical (unpaired) electrons. The molecule has 2 fully saturated rings. The maximum Gasteiger partial charge on any atom is 0.278 e. The third-order valence-corrected chi connectivity index (χ3v) is 5.26. The van der Waals surface area contributed by atoms with E-state index < -0.39 is 0 Å². The highest BCUT2D eigenvalue weighted by atomic mass is 16.2. The van der Waals surface area contributed by atoms with E-state index in [-0.39, 0.29) is 5.91 Å². The van der Waals surface area contributed by atoms with Crippen molar-refractivity contribution in [1.29, 1.82) is 0 Å². The Morgan fingerprint density at radius 2 is 1.92 bits per heavy atom. The zero-order chi connectivity index (χ0) is 17.1. The monoisotopic (exact) mass is 343 g/mol. The molecule has 2 aromatic heterocycles. The molecule has 2 aliphatic rings. The summed E-state index contributed by atoms with van der Waals surface area (Å²) in [6.07, 6.45) is 11.5. The molecule has 0 spiro atoms. The molecule has 0 bridgehead atoms. The molecule has 0 unspecified atom stereocenters. The number of rotatable bonds is 4. The van der Waals surface area contributed by atoms with Gasteiger partial charge in [-0.2, -0.15) is 5.10 Å². The van der Waals surface area contributed by atoms with E-state index in [1.807, 2.05) is 15.4 Å². The van der Waals surface area contributed by atoms with Crippen LogP contribution in [0.5, 0.6) is 0 Å². The molecule has 3 heterocycles. The zero-order valence-electron chi connectivity index (χ0n) is 14.4. The lowest BCUT2D eigenvalue weighted by Crippen LogP contribution is -2.29. The summed E-state index contributed by atoms with van der Waals surface area (Å²) in [7, 11) is 0. The van der Waals surface area contributed by atoms with Gasteiger partial charge in [0.05, 0.1) is 24.5 Å². The van der Waals surface area contributed by atoms with E-state index in [0.29, 0.717) is 17.8 Å². The van der Waals surface area contributed by atoms with Gasteiger partial charge in [-0.15, -0.1) is 5.10 Å². The van der Waals surface area contributed by atoms with Gasteiger partial charge in [0, 0.05) is 6.07 Å². The quantitative estimate of drug-likeness (QED) is 0.888. The van der Waals surface area contributed by atoms with Crippen molar-refractivity contribution in [3.63, 3.8) is 0 Å². The normalized spacial score (nSPS) is 19.8. The minimum absolute atomic E-state index is 0.224. The number of piperidine rings is 1. The predicted molar refractivity (Wildman–Crippen MR) is 93.5 cm³/mol. The SMILES string of the molecule is O=C(Nc1ccnn1C1CCCCC1)c1cn(C2CCNCC2)nn1. The van der Waals surface area contributed by atoms with E-state index >= 15 is 0 Å². The predicted octanol–water partition coefficient (Wildman–Crippen LogP) is 2.16. The molecule has 2 aromatic rings. The maximum absolute atomic E-state index is 12.6. The summed E-state index contributed by atoms with van der Waals surface area (Å²) in [5.41, 5.74) is 0.356. The van der Waals surface area contributed by atoms with Gasteiger partial charge in [0.1, 0.15) is 5.82 Å². The average molecular weight is 343 g/mol. The summed E-state index contributed by atoms with van der Waals surface area (Å²) in [5, 5.41) is 18.9. The molecular weight excluding hydrogens is 318 g/mol. The Morgan fingerprint density at radius 3 is 2.72 bits per heavy atom. The van der Waals surface area contributed by atoms with Crippen LogP contribution in [0.2, 0.25) is 0 Å². The molecule has 1 amide bonds. The highest BCUT2D eigenvalue weighted by Gasteiger charge is 2.22. The Hall–Kier alpha value is -2.22. The number of hydrogen-bond acceptors (Lipinski definition) is 5. The van der Waals surface area contributed by atoms with E-state index in [4.69, 9.17) is 0 Å². The fourth-order valence-electron chi connectivity index (χ4n) is 3.84. The second-order valence-corrected chi connectivity index (χ2v) is 6.97. The van der Waals surface area contributed by atoms with Gasteiger partial charge in [0.2, 0.25) is 0 Å². The molecule has 1 saturated carbocycles. The summed E-state index contributed by atoms with van der Waals surface area (Å²) in [5.74, 6) is 0.520. The Balaban J connectivity index is 1.44. The zero-order valence-corrected chi connectivity index (χ0v) is 14.4. The van der Waals surface area contributed by atoms with Gasteiger partial charge in [-0.25, -0.2) is 9.36 Å². The summed E-state index contributed by atoms with van der Waals surface area (Å²) in [6.45, 7) is 1.96. The smallest absolute Gasteiger partial charge is 0.278 e. The first-order valence-electron chi connectivity index (χ1n) is 9.28. The molecule has 8 nitrogen and oxygen atoms in total. The third kappa shape index (κ3) is 3.58. The van der Waals surface area contributed by atoms with Gasteiger partial charge in [-0.3, -0.25) is 4.79 Å². The average Bonchev–Trinajstić information content (AvgIpc) is 3.33. The van der Waals surface area contributed by atoms with Gasteiger partial charge in [-0.05, 0) is 38.8 Å². The highest BCUT2D eigenvalue weighted by Crippen LogP contribution is 2.30. The first-order chi connectivity index (χ1) is 12.3. The lowest BCUT2D eigenvalue weighted by molar-refractivity contribution is 0.102. The molecule has 25 heavy (non-hydrogen) atoms. The Bertz CT molecular complexity index is 710. The molecule has 2 N–H and O–H groups in total. The number of nitrogens with one attached hydrogen (secondary N) is 2. The minimum Gasteiger partial charge on any atom is -0.317 e. The first-order valence-corrected chi connectivity index (χ1v) is 9.28. The van der Waals surface area contributed by atoms with E-state index in [0.717, 1.165) is 44.6 Å². The van der Waals surface area contributed by atoms with Crippen LogP contribution in [-0.4, -0.2) is 43.8 Å². The number of nitrogens with zero attached hydrogens (tertiary/aromatic N) is 5. The van der Waals surface area contributed by atoms with Gasteiger partial charge in [-0.1, -0.05) is 24.5 Å². The van der Waals surface area contributed by atoms with Crippen LogP contribution >= 0.6 is 0 Å². The van der Waals surface area contributed by atoms with Crippen molar-refractivity contribution >= 4 is 11.7 Å². The minimum atomic E-state index is -0.224. The lowest BCUT2D eigenvalue weighted by Gasteiger charge is -2.23. The topological polar surface area (TPSA) is 89.7 Å². The number of aromatic nitrogens is 5. The van der Waals surface area contributed by atoms with Crippen LogP contribution < -0.4 is 10.6 Å². The standard InChI is InChI=1S/C17H25N7O/c25-17(15-12-23(22-21-15)13-6-9-18-10-7-13)20-16-8-11-19-24(16)14-4-2-1-3-5-14/h8,11-14,18H,1-7,9-10H2,(H,20,25). The van der Waals surface area contributed by atoms with Crippen LogP contribution in [0.1, 0.15) is 67.5 Å². The molecule has 1 aliphatic heterocycles. The van der Waals surface area contributed by atoms with E-state index in [1.165, 1.54) is 19.3 Å². The van der Waals surface area contributed by atoms with Gasteiger partial charge >= 0.3 is 0 Å². The highest BCUT2D eigenvalue weighted by molar-refractivity contribution is 6.02. The van der Waals surface area contributed by atoms with Crippen LogP contribution in [0.4, 0.5) is 5.82 Å². The Labute approximate surface area is 147 Å². The molecule has 8 heteroatoms. The van der Waals surface area contributed by atoms with Crippen molar-refractivity contribution in [2.45, 2.75) is 57.0 Å². The van der Waals surface area contributed by atoms with Crippen LogP contribution in [0, 0.1) is 0 Å². The van der Waals surface area contributed by atoms with Gasteiger partial charge in [0.25, 0.3) is 5.91 Å².